The van der Waals surface area contributed by atoms with Gasteiger partial charge in [-0.3, -0.25) is 0 Å². The minimum absolute atomic E-state index is 0.0441. The molecule has 0 N–H and O–H groups in total. The number of isocyanates is 1. The second-order valence-corrected chi connectivity index (χ2v) is 3.42. The van der Waals surface area contributed by atoms with Crippen LogP contribution in [-0.4, -0.2) is 28.6 Å². The zero-order chi connectivity index (χ0) is 13.4. The number of carbonyl (C=O) groups excluding carboxylic acids is 1. The number of halogens is 9. The number of alkyl halides is 9. The lowest BCUT2D eigenvalue weighted by Crippen LogP contribution is -2.59. The van der Waals surface area contributed by atoms with Crippen LogP contribution in [0.5, 0.6) is 0 Å². The predicted octanol–water partition coefficient (Wildman–Crippen LogP) is 3.29. The van der Waals surface area contributed by atoms with Crippen molar-refractivity contribution in [2.75, 3.05) is 0 Å². The lowest BCUT2D eigenvalue weighted by molar-refractivity contribution is -0.265. The van der Waals surface area contributed by atoms with E-state index in [1.54, 1.807) is 0 Å². The Hall–Kier alpha value is -0.530. The number of nitrogens with zero attached hydrogens (tertiary/aromatic N) is 1. The largest absolute Gasteiger partial charge is 0.434 e. The van der Waals surface area contributed by atoms with E-state index in [0.29, 0.717) is 0 Å². The maximum absolute atomic E-state index is 12.7. The lowest BCUT2D eigenvalue weighted by atomic mass is 10.1. The molecule has 0 aliphatic heterocycles. The third kappa shape index (κ3) is 2.26. The van der Waals surface area contributed by atoms with E-state index >= 15 is 0 Å². The van der Waals surface area contributed by atoms with Crippen LogP contribution in [0.1, 0.15) is 0 Å². The molecule has 16 heavy (non-hydrogen) atoms. The standard InChI is InChI=1S/C5Cl2F7NO/c6-2(15-1-16,5(12,13)14)3(8,9)4(7,10)11. The Morgan fingerprint density at radius 2 is 1.31 bits per heavy atom. The van der Waals surface area contributed by atoms with Crippen molar-refractivity contribution in [2.45, 2.75) is 22.5 Å². The highest BCUT2D eigenvalue weighted by Crippen LogP contribution is 2.55. The Balaban J connectivity index is 5.83. The van der Waals surface area contributed by atoms with Gasteiger partial charge in [-0.25, -0.2) is 4.79 Å². The van der Waals surface area contributed by atoms with Gasteiger partial charge in [-0.2, -0.15) is 35.7 Å². The zero-order valence-corrected chi connectivity index (χ0v) is 8.27. The normalized spacial score (nSPS) is 17.6. The van der Waals surface area contributed by atoms with Crippen molar-refractivity contribution in [1.29, 1.82) is 0 Å². The third-order valence-electron chi connectivity index (χ3n) is 1.35. The van der Waals surface area contributed by atoms with Crippen LogP contribution in [0, 0.1) is 0 Å². The summed E-state index contributed by atoms with van der Waals surface area (Å²) < 4.78 is 85.6. The van der Waals surface area contributed by atoms with Gasteiger partial charge in [0.25, 0.3) is 0 Å². The van der Waals surface area contributed by atoms with E-state index in [0.717, 1.165) is 0 Å². The zero-order valence-electron chi connectivity index (χ0n) is 6.76. The average Bonchev–Trinajstić information content (AvgIpc) is 1.99. The highest BCUT2D eigenvalue weighted by molar-refractivity contribution is 6.28. The van der Waals surface area contributed by atoms with Gasteiger partial charge in [-0.1, -0.05) is 11.6 Å². The number of hydrogen-bond acceptors (Lipinski definition) is 2. The Labute approximate surface area is 93.0 Å². The number of aliphatic imine (C=N–C) groups is 1. The van der Waals surface area contributed by atoms with Crippen LogP contribution in [0.4, 0.5) is 30.7 Å². The van der Waals surface area contributed by atoms with E-state index in [1.165, 1.54) is 4.99 Å². The van der Waals surface area contributed by atoms with Gasteiger partial charge in [-0.15, -0.1) is 0 Å². The third-order valence-corrected chi connectivity index (χ3v) is 2.12. The quantitative estimate of drug-likeness (QED) is 0.258. The number of hydrogen-bond donors (Lipinski definition) is 0. The van der Waals surface area contributed by atoms with Crippen molar-refractivity contribution in [1.82, 2.24) is 0 Å². The van der Waals surface area contributed by atoms with E-state index in [4.69, 9.17) is 0 Å². The van der Waals surface area contributed by atoms with E-state index in [2.05, 4.69) is 23.2 Å². The topological polar surface area (TPSA) is 29.4 Å². The summed E-state index contributed by atoms with van der Waals surface area (Å²) in [6.07, 6.45) is -6.09. The molecule has 0 aromatic carbocycles. The molecule has 11 heteroatoms. The van der Waals surface area contributed by atoms with Gasteiger partial charge in [0.15, 0.2) is 0 Å². The maximum Gasteiger partial charge on any atom is 0.434 e. The van der Waals surface area contributed by atoms with E-state index in [9.17, 15) is 35.5 Å². The van der Waals surface area contributed by atoms with Crippen LogP contribution in [-0.2, 0) is 4.79 Å². The molecule has 0 fully saturated rings. The summed E-state index contributed by atoms with van der Waals surface area (Å²) in [5.41, 5.74) is 0. The molecule has 1 unspecified atom stereocenters. The molecule has 0 heterocycles. The van der Waals surface area contributed by atoms with Crippen molar-refractivity contribution in [3.63, 3.8) is 0 Å². The van der Waals surface area contributed by atoms with Crippen LogP contribution in [0.25, 0.3) is 0 Å². The molecule has 0 rings (SSSR count). The van der Waals surface area contributed by atoms with E-state index in [1.807, 2.05) is 0 Å². The van der Waals surface area contributed by atoms with Crippen LogP contribution >= 0.6 is 23.2 Å². The van der Waals surface area contributed by atoms with E-state index in [-0.39, 0.29) is 6.08 Å². The first-order valence-electron chi connectivity index (χ1n) is 3.10. The van der Waals surface area contributed by atoms with Crippen LogP contribution in [0.2, 0.25) is 0 Å². The Bertz CT molecular complexity index is 318. The highest BCUT2D eigenvalue weighted by Gasteiger charge is 2.79. The smallest absolute Gasteiger partial charge is 0.211 e. The summed E-state index contributed by atoms with van der Waals surface area (Å²) in [7, 11) is 0. The second kappa shape index (κ2) is 4.05. The monoisotopic (exact) mass is 293 g/mol. The summed E-state index contributed by atoms with van der Waals surface area (Å²) in [5, 5.41) is -5.65. The summed E-state index contributed by atoms with van der Waals surface area (Å²) >= 11 is 8.02. The Kier molecular flexibility index (Phi) is 3.91. The van der Waals surface area contributed by atoms with Crippen molar-refractivity contribution in [3.8, 4) is 0 Å². The first-order valence-corrected chi connectivity index (χ1v) is 3.86. The average molecular weight is 294 g/mol. The van der Waals surface area contributed by atoms with Gasteiger partial charge in [0, 0.05) is 0 Å². The molecule has 0 aromatic heterocycles. The van der Waals surface area contributed by atoms with Gasteiger partial charge in [0.05, 0.1) is 0 Å². The molecule has 0 bridgehead atoms. The SMILES string of the molecule is O=C=NC(Cl)(C(F)(F)F)C(F)(F)C(F)(F)Cl. The molecule has 94 valence electrons. The molecule has 1 atom stereocenters. The summed E-state index contributed by atoms with van der Waals surface area (Å²) in [5.74, 6) is -6.03. The Morgan fingerprint density at radius 1 is 0.938 bits per heavy atom. The molecule has 0 aliphatic carbocycles. The maximum atomic E-state index is 12.7. The molecule has 0 aromatic rings. The van der Waals surface area contributed by atoms with Gasteiger partial charge >= 0.3 is 22.5 Å². The molecule has 2 nitrogen and oxygen atoms in total. The van der Waals surface area contributed by atoms with E-state index < -0.39 is 22.5 Å². The first-order chi connectivity index (χ1) is 6.81. The first kappa shape index (κ1) is 15.5. The van der Waals surface area contributed by atoms with Gasteiger partial charge in [-0.05, 0) is 11.6 Å². The molecule has 0 spiro atoms. The minimum Gasteiger partial charge on any atom is -0.211 e. The Morgan fingerprint density at radius 3 is 1.50 bits per heavy atom. The fourth-order valence-corrected chi connectivity index (χ4v) is 0.901. The lowest BCUT2D eigenvalue weighted by Gasteiger charge is -2.33. The fourth-order valence-electron chi connectivity index (χ4n) is 0.562. The molecule has 0 radical (unpaired) electrons. The van der Waals surface area contributed by atoms with Gasteiger partial charge in [0.1, 0.15) is 0 Å². The van der Waals surface area contributed by atoms with Crippen molar-refractivity contribution >= 4 is 29.3 Å². The van der Waals surface area contributed by atoms with Crippen molar-refractivity contribution in [3.05, 3.63) is 0 Å². The molecule has 0 saturated carbocycles. The highest BCUT2D eigenvalue weighted by atomic mass is 35.5. The second-order valence-electron chi connectivity index (χ2n) is 2.40. The summed E-state index contributed by atoms with van der Waals surface area (Å²) in [6, 6.07) is 0. The molecule has 0 saturated heterocycles. The van der Waals surface area contributed by atoms with Crippen molar-refractivity contribution < 1.29 is 35.5 Å². The van der Waals surface area contributed by atoms with Crippen LogP contribution in [0.3, 0.4) is 0 Å². The minimum atomic E-state index is -6.13. The summed E-state index contributed by atoms with van der Waals surface area (Å²) in [6.45, 7) is 0. The molecule has 0 amide bonds. The number of rotatable bonds is 3. The predicted molar refractivity (Wildman–Crippen MR) is 38.5 cm³/mol. The molecular weight excluding hydrogens is 294 g/mol. The molecular formula is C5Cl2F7NO. The van der Waals surface area contributed by atoms with Gasteiger partial charge < -0.3 is 0 Å². The molecule has 0 aliphatic rings. The van der Waals surface area contributed by atoms with Crippen LogP contribution < -0.4 is 0 Å². The van der Waals surface area contributed by atoms with Crippen LogP contribution in [0.15, 0.2) is 4.99 Å². The van der Waals surface area contributed by atoms with Gasteiger partial charge in [0.2, 0.25) is 6.08 Å². The van der Waals surface area contributed by atoms with Crippen molar-refractivity contribution in [2.24, 2.45) is 4.99 Å². The summed E-state index contributed by atoms with van der Waals surface area (Å²) in [4.78, 5) is 5.86. The fraction of sp³-hybridized carbons (Fsp3) is 0.800.